The first kappa shape index (κ1) is 30.2. The fraction of sp³-hybridized carbons (Fsp3) is 0.905. The van der Waals surface area contributed by atoms with Crippen molar-refractivity contribution in [3.05, 3.63) is 0 Å². The SMILES string of the molecule is CCNC(=NCC1(CS(C)(=O)=O)CC1)N(C)CCC(NC(=O)OC(C)(C)C)C(C)C.I. The minimum Gasteiger partial charge on any atom is -0.444 e. The fourth-order valence-corrected chi connectivity index (χ4v) is 4.76. The minimum atomic E-state index is -3.01. The third-order valence-electron chi connectivity index (χ3n) is 5.07. The number of amides is 1. The summed E-state index contributed by atoms with van der Waals surface area (Å²) in [6.45, 7) is 13.6. The lowest BCUT2D eigenvalue weighted by Gasteiger charge is -2.28. The first-order valence-corrected chi connectivity index (χ1v) is 12.9. The Balaban J connectivity index is 0.00000900. The number of aliphatic imine (C=N–C) groups is 1. The van der Waals surface area contributed by atoms with Gasteiger partial charge in [-0.3, -0.25) is 4.99 Å². The molecule has 0 aliphatic heterocycles. The molecule has 1 saturated carbocycles. The maximum absolute atomic E-state index is 12.2. The number of hydrogen-bond donors (Lipinski definition) is 2. The molecular weight excluding hydrogens is 531 g/mol. The first-order valence-electron chi connectivity index (χ1n) is 10.8. The lowest BCUT2D eigenvalue weighted by molar-refractivity contribution is 0.0485. The second-order valence-electron chi connectivity index (χ2n) is 9.95. The molecule has 1 fully saturated rings. The highest BCUT2D eigenvalue weighted by atomic mass is 127. The first-order chi connectivity index (χ1) is 13.7. The van der Waals surface area contributed by atoms with Gasteiger partial charge in [0.15, 0.2) is 5.96 Å². The van der Waals surface area contributed by atoms with Crippen molar-refractivity contribution >= 4 is 45.9 Å². The van der Waals surface area contributed by atoms with E-state index in [2.05, 4.69) is 24.5 Å². The predicted molar refractivity (Wildman–Crippen MR) is 138 cm³/mol. The molecular formula is C21H43IN4O4S. The van der Waals surface area contributed by atoms with Crippen LogP contribution in [0.5, 0.6) is 0 Å². The van der Waals surface area contributed by atoms with Gasteiger partial charge in [0.2, 0.25) is 0 Å². The van der Waals surface area contributed by atoms with Crippen molar-refractivity contribution in [2.45, 2.75) is 72.4 Å². The van der Waals surface area contributed by atoms with Gasteiger partial charge in [0.25, 0.3) is 0 Å². The normalized spacial score (nSPS) is 16.9. The van der Waals surface area contributed by atoms with E-state index in [4.69, 9.17) is 9.73 Å². The number of rotatable bonds is 10. The highest BCUT2D eigenvalue weighted by Crippen LogP contribution is 2.46. The molecule has 0 spiro atoms. The molecule has 1 amide bonds. The molecule has 1 rings (SSSR count). The number of alkyl carbamates (subject to hydrolysis) is 1. The monoisotopic (exact) mass is 574 g/mol. The summed E-state index contributed by atoms with van der Waals surface area (Å²) in [5.41, 5.74) is -0.730. The van der Waals surface area contributed by atoms with E-state index in [1.165, 1.54) is 6.26 Å². The summed E-state index contributed by atoms with van der Waals surface area (Å²) in [5.74, 6) is 1.22. The highest BCUT2D eigenvalue weighted by Gasteiger charge is 2.45. The quantitative estimate of drug-likeness (QED) is 0.236. The van der Waals surface area contributed by atoms with Gasteiger partial charge in [0, 0.05) is 44.4 Å². The third kappa shape index (κ3) is 12.7. The van der Waals surface area contributed by atoms with Crippen molar-refractivity contribution < 1.29 is 17.9 Å². The molecule has 1 atom stereocenters. The molecule has 0 saturated heterocycles. The van der Waals surface area contributed by atoms with Crippen LogP contribution >= 0.6 is 24.0 Å². The topological polar surface area (TPSA) is 100 Å². The smallest absolute Gasteiger partial charge is 0.407 e. The number of nitrogens with one attached hydrogen (secondary N) is 2. The Morgan fingerprint density at radius 1 is 1.26 bits per heavy atom. The van der Waals surface area contributed by atoms with Gasteiger partial charge >= 0.3 is 6.09 Å². The zero-order valence-corrected chi connectivity index (χ0v) is 23.6. The van der Waals surface area contributed by atoms with E-state index in [-0.39, 0.29) is 47.1 Å². The van der Waals surface area contributed by atoms with Crippen molar-refractivity contribution in [2.24, 2.45) is 16.3 Å². The second kappa shape index (κ2) is 12.5. The summed E-state index contributed by atoms with van der Waals surface area (Å²) >= 11 is 0. The molecule has 0 bridgehead atoms. The molecule has 0 aromatic carbocycles. The second-order valence-corrected chi connectivity index (χ2v) is 12.1. The van der Waals surface area contributed by atoms with Crippen molar-refractivity contribution in [1.82, 2.24) is 15.5 Å². The van der Waals surface area contributed by atoms with Gasteiger partial charge in [-0.1, -0.05) is 13.8 Å². The Hall–Kier alpha value is -0.780. The van der Waals surface area contributed by atoms with Crippen LogP contribution < -0.4 is 10.6 Å². The molecule has 0 aromatic rings. The van der Waals surface area contributed by atoms with Crippen LogP contribution in [0.2, 0.25) is 0 Å². The number of ether oxygens (including phenoxy) is 1. The van der Waals surface area contributed by atoms with E-state index in [1.807, 2.05) is 39.6 Å². The maximum Gasteiger partial charge on any atom is 0.407 e. The number of halogens is 1. The molecule has 0 heterocycles. The van der Waals surface area contributed by atoms with Gasteiger partial charge in [0.1, 0.15) is 15.4 Å². The third-order valence-corrected chi connectivity index (χ3v) is 6.21. The van der Waals surface area contributed by atoms with E-state index >= 15 is 0 Å². The number of carbonyl (C=O) groups is 1. The van der Waals surface area contributed by atoms with Gasteiger partial charge in [0.05, 0.1) is 5.75 Å². The molecule has 10 heteroatoms. The van der Waals surface area contributed by atoms with Crippen molar-refractivity contribution in [2.75, 3.05) is 38.7 Å². The van der Waals surface area contributed by atoms with Crippen LogP contribution in [0.3, 0.4) is 0 Å². The van der Waals surface area contributed by atoms with E-state index in [0.29, 0.717) is 13.1 Å². The van der Waals surface area contributed by atoms with E-state index < -0.39 is 21.5 Å². The lowest BCUT2D eigenvalue weighted by Crippen LogP contribution is -2.45. The van der Waals surface area contributed by atoms with Gasteiger partial charge in [-0.25, -0.2) is 13.2 Å². The molecule has 31 heavy (non-hydrogen) atoms. The molecule has 1 aliphatic rings. The van der Waals surface area contributed by atoms with E-state index in [1.54, 1.807) is 0 Å². The Labute approximate surface area is 206 Å². The van der Waals surface area contributed by atoms with Crippen LogP contribution in [0.1, 0.15) is 60.8 Å². The van der Waals surface area contributed by atoms with Crippen LogP contribution in [0.15, 0.2) is 4.99 Å². The van der Waals surface area contributed by atoms with Crippen LogP contribution in [-0.4, -0.2) is 75.7 Å². The number of sulfone groups is 1. The Morgan fingerprint density at radius 2 is 1.84 bits per heavy atom. The van der Waals surface area contributed by atoms with Crippen LogP contribution in [0.4, 0.5) is 4.79 Å². The van der Waals surface area contributed by atoms with E-state index in [9.17, 15) is 13.2 Å². The molecule has 8 nitrogen and oxygen atoms in total. The molecule has 1 aliphatic carbocycles. The van der Waals surface area contributed by atoms with Crippen LogP contribution in [-0.2, 0) is 14.6 Å². The largest absolute Gasteiger partial charge is 0.444 e. The number of carbonyl (C=O) groups excluding carboxylic acids is 1. The summed E-state index contributed by atoms with van der Waals surface area (Å²) in [5, 5.41) is 6.26. The zero-order chi connectivity index (χ0) is 23.2. The maximum atomic E-state index is 12.2. The summed E-state index contributed by atoms with van der Waals surface area (Å²) in [6, 6.07) is -0.0230. The number of guanidine groups is 1. The average Bonchev–Trinajstić information content (AvgIpc) is 3.30. The lowest BCUT2D eigenvalue weighted by atomic mass is 10.0. The zero-order valence-electron chi connectivity index (χ0n) is 20.4. The number of nitrogens with zero attached hydrogens (tertiary/aromatic N) is 2. The van der Waals surface area contributed by atoms with Gasteiger partial charge in [-0.2, -0.15) is 0 Å². The van der Waals surface area contributed by atoms with E-state index in [0.717, 1.165) is 31.8 Å². The minimum absolute atomic E-state index is 0. The Morgan fingerprint density at radius 3 is 2.26 bits per heavy atom. The Kier molecular flexibility index (Phi) is 12.1. The number of hydrogen-bond acceptors (Lipinski definition) is 5. The van der Waals surface area contributed by atoms with Crippen molar-refractivity contribution in [3.8, 4) is 0 Å². The van der Waals surface area contributed by atoms with Crippen LogP contribution in [0, 0.1) is 11.3 Å². The fourth-order valence-electron chi connectivity index (χ4n) is 3.26. The van der Waals surface area contributed by atoms with Gasteiger partial charge in [-0.15, -0.1) is 24.0 Å². The van der Waals surface area contributed by atoms with Gasteiger partial charge < -0.3 is 20.3 Å². The Bertz CT molecular complexity index is 701. The molecule has 0 aromatic heterocycles. The summed E-state index contributed by atoms with van der Waals surface area (Å²) in [4.78, 5) is 18.9. The molecule has 0 radical (unpaired) electrons. The highest BCUT2D eigenvalue weighted by molar-refractivity contribution is 14.0. The molecule has 184 valence electrons. The molecule has 1 unspecified atom stereocenters. The van der Waals surface area contributed by atoms with Crippen LogP contribution in [0.25, 0.3) is 0 Å². The summed E-state index contributed by atoms with van der Waals surface area (Å²) in [6.07, 6.45) is 3.44. The predicted octanol–water partition coefficient (Wildman–Crippen LogP) is 3.27. The average molecular weight is 575 g/mol. The van der Waals surface area contributed by atoms with Gasteiger partial charge in [-0.05, 0) is 52.9 Å². The summed E-state index contributed by atoms with van der Waals surface area (Å²) < 4.78 is 28.8. The van der Waals surface area contributed by atoms with Crippen molar-refractivity contribution in [1.29, 1.82) is 0 Å². The summed E-state index contributed by atoms with van der Waals surface area (Å²) in [7, 11) is -1.05. The van der Waals surface area contributed by atoms with Crippen molar-refractivity contribution in [3.63, 3.8) is 0 Å². The standard InChI is InChI=1S/C21H42N4O4S.HI/c1-9-22-18(23-14-21(11-12-21)15-30(8,27)28)25(7)13-10-17(16(2)3)24-19(26)29-20(4,5)6;/h16-17H,9-15H2,1-8H3,(H,22,23)(H,24,26);1H. The molecule has 2 N–H and O–H groups in total.